The van der Waals surface area contributed by atoms with Crippen molar-refractivity contribution in [2.75, 3.05) is 6.54 Å². The lowest BCUT2D eigenvalue weighted by atomic mass is 9.96. The van der Waals surface area contributed by atoms with Gasteiger partial charge in [0, 0.05) is 6.42 Å². The van der Waals surface area contributed by atoms with E-state index in [1.165, 1.54) is 6.92 Å². The smallest absolute Gasteiger partial charge is 0.326 e. The molecule has 0 unspecified atom stereocenters. The molecule has 13 nitrogen and oxygen atoms in total. The third-order valence-corrected chi connectivity index (χ3v) is 7.13. The minimum absolute atomic E-state index is 0.0139. The number of benzene rings is 1. The summed E-state index contributed by atoms with van der Waals surface area (Å²) in [6.45, 7) is 11.7. The van der Waals surface area contributed by atoms with Crippen LogP contribution in [0.25, 0.3) is 0 Å². The third kappa shape index (κ3) is 13.1. The number of nitrogens with two attached hydrogens (primary N) is 1. The summed E-state index contributed by atoms with van der Waals surface area (Å²) in [6.07, 6.45) is 0.934. The van der Waals surface area contributed by atoms with Crippen LogP contribution in [-0.4, -0.2) is 77.4 Å². The Morgan fingerprint density at radius 1 is 0.750 bits per heavy atom. The summed E-state index contributed by atoms with van der Waals surface area (Å²) in [7, 11) is 0. The number of carbonyl (C=O) groups is 6. The number of carboxylic acid groups (broad SMARTS) is 1. The highest BCUT2D eigenvalue weighted by molar-refractivity contribution is 5.95. The Morgan fingerprint density at radius 3 is 1.82 bits per heavy atom. The maximum Gasteiger partial charge on any atom is 0.326 e. The SMILES string of the molecule is CC[C@H](C)[C@H](NC(=O)[C@H](CC(C)C)NC(=O)[C@H](Cc1ccccc1)NC(=O)[C@H](C)N)C(=O)NCC(=O)N[C@H](C(=O)O)C(C)C. The molecule has 0 heterocycles. The van der Waals surface area contributed by atoms with Gasteiger partial charge in [-0.3, -0.25) is 24.0 Å². The minimum Gasteiger partial charge on any atom is -0.480 e. The standard InChI is InChI=1S/C31H50N6O7/c1-8-19(6)26(30(42)33-16-24(38)36-25(18(4)5)31(43)44)37-29(41)22(14-17(2)3)35-28(40)23(34-27(39)20(7)32)15-21-12-10-9-11-13-21/h9-13,17-20,22-23,25-26H,8,14-16,32H2,1-7H3,(H,33,42)(H,34,39)(H,35,40)(H,36,38)(H,37,41)(H,43,44)/t19-,20-,22-,23-,25-,26-/m0/s1. The Kier molecular flexibility index (Phi) is 16.1. The average Bonchev–Trinajstić information content (AvgIpc) is 2.95. The molecule has 0 aromatic heterocycles. The minimum atomic E-state index is -1.19. The number of amides is 5. The van der Waals surface area contributed by atoms with Crippen LogP contribution in [0.3, 0.4) is 0 Å². The number of rotatable bonds is 18. The van der Waals surface area contributed by atoms with Gasteiger partial charge >= 0.3 is 5.97 Å². The van der Waals surface area contributed by atoms with Gasteiger partial charge in [0.1, 0.15) is 24.2 Å². The predicted molar refractivity (Wildman–Crippen MR) is 166 cm³/mol. The molecule has 0 spiro atoms. The second-order valence-electron chi connectivity index (χ2n) is 11.9. The zero-order valence-electron chi connectivity index (χ0n) is 26.8. The maximum absolute atomic E-state index is 13.5. The van der Waals surface area contributed by atoms with Crippen LogP contribution >= 0.6 is 0 Å². The Balaban J connectivity index is 3.09. The molecule has 0 radical (unpaired) electrons. The first-order valence-corrected chi connectivity index (χ1v) is 15.1. The molecule has 6 atom stereocenters. The van der Waals surface area contributed by atoms with E-state index in [1.54, 1.807) is 20.8 Å². The monoisotopic (exact) mass is 618 g/mol. The number of aliphatic carboxylic acids is 1. The van der Waals surface area contributed by atoms with Crippen molar-refractivity contribution in [3.63, 3.8) is 0 Å². The topological polar surface area (TPSA) is 209 Å². The molecule has 1 rings (SSSR count). The van der Waals surface area contributed by atoms with Crippen LogP contribution < -0.4 is 32.3 Å². The van der Waals surface area contributed by atoms with E-state index < -0.39 is 72.3 Å². The molecule has 0 saturated carbocycles. The Morgan fingerprint density at radius 2 is 1.32 bits per heavy atom. The molecule has 0 aliphatic rings. The highest BCUT2D eigenvalue weighted by Gasteiger charge is 2.33. The molecular weight excluding hydrogens is 568 g/mol. The number of hydrogen-bond donors (Lipinski definition) is 7. The lowest BCUT2D eigenvalue weighted by Gasteiger charge is -2.28. The van der Waals surface area contributed by atoms with Gasteiger partial charge in [-0.2, -0.15) is 0 Å². The van der Waals surface area contributed by atoms with Gasteiger partial charge in [0.05, 0.1) is 12.6 Å². The molecule has 5 amide bonds. The molecular formula is C31H50N6O7. The van der Waals surface area contributed by atoms with Crippen LogP contribution in [0.4, 0.5) is 0 Å². The van der Waals surface area contributed by atoms with Crippen LogP contribution in [0, 0.1) is 17.8 Å². The second-order valence-corrected chi connectivity index (χ2v) is 11.9. The molecule has 1 aromatic rings. The lowest BCUT2D eigenvalue weighted by molar-refractivity contribution is -0.143. The number of carboxylic acids is 1. The first-order chi connectivity index (χ1) is 20.6. The van der Waals surface area contributed by atoms with Crippen LogP contribution in [0.2, 0.25) is 0 Å². The molecule has 1 aromatic carbocycles. The molecule has 0 saturated heterocycles. The van der Waals surface area contributed by atoms with E-state index in [9.17, 15) is 33.9 Å². The van der Waals surface area contributed by atoms with E-state index in [2.05, 4.69) is 26.6 Å². The molecule has 0 aliphatic carbocycles. The zero-order chi connectivity index (χ0) is 33.6. The highest BCUT2D eigenvalue weighted by Crippen LogP contribution is 2.12. The van der Waals surface area contributed by atoms with E-state index in [4.69, 9.17) is 5.73 Å². The number of hydrogen-bond acceptors (Lipinski definition) is 7. The summed E-state index contributed by atoms with van der Waals surface area (Å²) in [6, 6.07) is 4.04. The van der Waals surface area contributed by atoms with Crippen molar-refractivity contribution in [2.24, 2.45) is 23.5 Å². The van der Waals surface area contributed by atoms with Gasteiger partial charge in [-0.05, 0) is 36.7 Å². The Hall–Kier alpha value is -4.00. The fourth-order valence-corrected chi connectivity index (χ4v) is 4.31. The second kappa shape index (κ2) is 18.6. The summed E-state index contributed by atoms with van der Waals surface area (Å²) in [4.78, 5) is 76.3. The molecule has 0 fully saturated rings. The summed E-state index contributed by atoms with van der Waals surface area (Å²) in [5.74, 6) is -4.92. The van der Waals surface area contributed by atoms with Gasteiger partial charge in [0.2, 0.25) is 29.5 Å². The van der Waals surface area contributed by atoms with E-state index in [0.29, 0.717) is 6.42 Å². The Bertz CT molecular complexity index is 1130. The fraction of sp³-hybridized carbons (Fsp3) is 0.613. The summed E-state index contributed by atoms with van der Waals surface area (Å²) < 4.78 is 0. The molecule has 13 heteroatoms. The van der Waals surface area contributed by atoms with E-state index in [0.717, 1.165) is 5.56 Å². The van der Waals surface area contributed by atoms with Crippen molar-refractivity contribution in [1.82, 2.24) is 26.6 Å². The van der Waals surface area contributed by atoms with E-state index in [-0.39, 0.29) is 30.6 Å². The summed E-state index contributed by atoms with van der Waals surface area (Å²) >= 11 is 0. The average molecular weight is 619 g/mol. The molecule has 8 N–H and O–H groups in total. The summed E-state index contributed by atoms with van der Waals surface area (Å²) in [5, 5.41) is 22.3. The van der Waals surface area contributed by atoms with Gasteiger partial charge in [-0.15, -0.1) is 0 Å². The van der Waals surface area contributed by atoms with Crippen LogP contribution in [0.1, 0.15) is 66.9 Å². The largest absolute Gasteiger partial charge is 0.480 e. The molecule has 44 heavy (non-hydrogen) atoms. The third-order valence-electron chi connectivity index (χ3n) is 7.13. The molecule has 0 bridgehead atoms. The molecule has 246 valence electrons. The van der Waals surface area contributed by atoms with Gasteiger partial charge in [0.25, 0.3) is 0 Å². The van der Waals surface area contributed by atoms with Gasteiger partial charge in [-0.25, -0.2) is 4.79 Å². The quantitative estimate of drug-likeness (QED) is 0.123. The fourth-order valence-electron chi connectivity index (χ4n) is 4.31. The van der Waals surface area contributed by atoms with Gasteiger partial charge < -0.3 is 37.4 Å². The highest BCUT2D eigenvalue weighted by atomic mass is 16.4. The summed E-state index contributed by atoms with van der Waals surface area (Å²) in [5.41, 5.74) is 6.51. The maximum atomic E-state index is 13.5. The van der Waals surface area contributed by atoms with Gasteiger partial charge in [0.15, 0.2) is 0 Å². The van der Waals surface area contributed by atoms with Crippen LogP contribution in [-0.2, 0) is 35.2 Å². The first-order valence-electron chi connectivity index (χ1n) is 15.1. The van der Waals surface area contributed by atoms with Crippen molar-refractivity contribution in [1.29, 1.82) is 0 Å². The van der Waals surface area contributed by atoms with Crippen LogP contribution in [0.5, 0.6) is 0 Å². The van der Waals surface area contributed by atoms with Crippen molar-refractivity contribution in [2.45, 2.75) is 97.9 Å². The zero-order valence-corrected chi connectivity index (χ0v) is 26.8. The molecule has 0 aliphatic heterocycles. The van der Waals surface area contributed by atoms with Crippen molar-refractivity contribution in [3.8, 4) is 0 Å². The predicted octanol–water partition coefficient (Wildman–Crippen LogP) is 0.465. The van der Waals surface area contributed by atoms with Crippen molar-refractivity contribution >= 4 is 35.5 Å². The van der Waals surface area contributed by atoms with Crippen molar-refractivity contribution in [3.05, 3.63) is 35.9 Å². The van der Waals surface area contributed by atoms with Gasteiger partial charge in [-0.1, -0.05) is 78.3 Å². The van der Waals surface area contributed by atoms with E-state index >= 15 is 0 Å². The van der Waals surface area contributed by atoms with E-state index in [1.807, 2.05) is 51.1 Å². The lowest BCUT2D eigenvalue weighted by Crippen LogP contribution is -2.59. The number of carbonyl (C=O) groups excluding carboxylic acids is 5. The van der Waals surface area contributed by atoms with Crippen molar-refractivity contribution < 1.29 is 33.9 Å². The van der Waals surface area contributed by atoms with Crippen LogP contribution in [0.15, 0.2) is 30.3 Å². The normalized spacial score (nSPS) is 15.2. The number of nitrogens with one attached hydrogen (secondary N) is 5. The Labute approximate surface area is 259 Å². The first kappa shape index (κ1) is 38.0.